The summed E-state index contributed by atoms with van der Waals surface area (Å²) in [4.78, 5) is 18.7. The molecule has 1 aliphatic rings. The Kier molecular flexibility index (Phi) is 6.95. The molecule has 0 unspecified atom stereocenters. The van der Waals surface area contributed by atoms with Crippen molar-refractivity contribution in [2.45, 2.75) is 24.8 Å². The van der Waals surface area contributed by atoms with E-state index >= 15 is 0 Å². The fraction of sp³-hybridized carbons (Fsp3) is 0.214. The first-order valence-corrected chi connectivity index (χ1v) is 12.6. The van der Waals surface area contributed by atoms with Crippen molar-refractivity contribution in [2.24, 2.45) is 11.8 Å². The van der Waals surface area contributed by atoms with Gasteiger partial charge < -0.3 is 4.90 Å². The summed E-state index contributed by atoms with van der Waals surface area (Å²) >= 11 is 0. The number of hydrogen-bond donors (Lipinski definition) is 0. The number of benzene rings is 3. The molecule has 1 amide bonds. The van der Waals surface area contributed by atoms with Crippen LogP contribution in [0.1, 0.15) is 16.7 Å². The monoisotopic (exact) mass is 470 g/mol. The van der Waals surface area contributed by atoms with Gasteiger partial charge in [0.25, 0.3) is 5.03 Å². The van der Waals surface area contributed by atoms with Crippen molar-refractivity contribution in [1.82, 2.24) is 4.90 Å². The topological polar surface area (TPSA) is 58.8 Å². The average Bonchev–Trinajstić information content (AvgIpc) is 3.13. The van der Waals surface area contributed by atoms with Crippen molar-refractivity contribution >= 4 is 15.7 Å². The van der Waals surface area contributed by atoms with Gasteiger partial charge in [-0.25, -0.2) is 13.3 Å². The number of rotatable bonds is 7. The van der Waals surface area contributed by atoms with Crippen LogP contribution < -0.4 is 0 Å². The van der Waals surface area contributed by atoms with Crippen molar-refractivity contribution in [3.63, 3.8) is 0 Å². The third kappa shape index (κ3) is 5.11. The van der Waals surface area contributed by atoms with Crippen molar-refractivity contribution in [3.05, 3.63) is 124 Å². The third-order valence-corrected chi connectivity index (χ3v) is 7.84. The molecule has 4 rings (SSSR count). The lowest BCUT2D eigenvalue weighted by atomic mass is 9.89. The number of nitrogens with zero attached hydrogens (tertiary/aromatic N) is 2. The van der Waals surface area contributed by atoms with Gasteiger partial charge in [-0.05, 0) is 42.5 Å². The highest BCUT2D eigenvalue weighted by atomic mass is 32.2. The van der Waals surface area contributed by atoms with Gasteiger partial charge in [-0.2, -0.15) is 0 Å². The lowest BCUT2D eigenvalue weighted by Gasteiger charge is -2.16. The normalized spacial score (nSPS) is 18.6. The molecule has 1 fully saturated rings. The van der Waals surface area contributed by atoms with E-state index in [-0.39, 0.29) is 21.7 Å². The van der Waals surface area contributed by atoms with Crippen molar-refractivity contribution in [1.29, 1.82) is 0 Å². The molecule has 172 valence electrons. The molecule has 0 bridgehead atoms. The SMILES string of the molecule is [C-]#[N+]/C(=C\[C@@H]1CN(Cc2ccccc2)C(=O)[C@H]1Cc1ccccc1)S(=O)(=O)c1ccc(C)cc1. The van der Waals surface area contributed by atoms with Crippen LogP contribution in [0.5, 0.6) is 0 Å². The number of carbonyl (C=O) groups is 1. The van der Waals surface area contributed by atoms with E-state index in [1.165, 1.54) is 18.2 Å². The second-order valence-electron chi connectivity index (χ2n) is 8.60. The van der Waals surface area contributed by atoms with Gasteiger partial charge in [0, 0.05) is 19.0 Å². The van der Waals surface area contributed by atoms with Gasteiger partial charge in [-0.15, -0.1) is 0 Å². The molecule has 6 heteroatoms. The maximum atomic E-state index is 13.4. The minimum atomic E-state index is -3.97. The van der Waals surface area contributed by atoms with Gasteiger partial charge in [-0.3, -0.25) is 4.79 Å². The minimum Gasteiger partial charge on any atom is -0.338 e. The number of likely N-dealkylation sites (tertiary alicyclic amines) is 1. The molecule has 0 N–H and O–H groups in total. The molecule has 0 radical (unpaired) electrons. The number of hydrogen-bond acceptors (Lipinski definition) is 3. The van der Waals surface area contributed by atoms with Gasteiger partial charge in [0.15, 0.2) is 0 Å². The molecule has 3 aromatic carbocycles. The van der Waals surface area contributed by atoms with Gasteiger partial charge in [0.05, 0.1) is 11.5 Å². The van der Waals surface area contributed by atoms with Crippen LogP contribution in [0.3, 0.4) is 0 Å². The summed E-state index contributed by atoms with van der Waals surface area (Å²) in [7, 11) is -3.97. The van der Waals surface area contributed by atoms with Crippen molar-refractivity contribution in [2.75, 3.05) is 6.54 Å². The third-order valence-electron chi connectivity index (χ3n) is 6.17. The maximum absolute atomic E-state index is 13.4. The zero-order valence-corrected chi connectivity index (χ0v) is 19.8. The lowest BCUT2D eigenvalue weighted by Crippen LogP contribution is -2.27. The molecule has 0 aliphatic carbocycles. The zero-order valence-electron chi connectivity index (χ0n) is 19.0. The smallest absolute Gasteiger partial charge is 0.279 e. The Balaban J connectivity index is 1.68. The maximum Gasteiger partial charge on any atom is 0.279 e. The molecular weight excluding hydrogens is 444 g/mol. The van der Waals surface area contributed by atoms with Gasteiger partial charge in [-0.1, -0.05) is 84.4 Å². The summed E-state index contributed by atoms with van der Waals surface area (Å²) in [6, 6.07) is 25.9. The van der Waals surface area contributed by atoms with Crippen LogP contribution in [0.25, 0.3) is 4.85 Å². The first kappa shape index (κ1) is 23.5. The summed E-state index contributed by atoms with van der Waals surface area (Å²) in [6.45, 7) is 10.3. The highest BCUT2D eigenvalue weighted by molar-refractivity contribution is 7.95. The van der Waals surface area contributed by atoms with Crippen LogP contribution >= 0.6 is 0 Å². The fourth-order valence-electron chi connectivity index (χ4n) is 4.32. The second kappa shape index (κ2) is 10.1. The van der Waals surface area contributed by atoms with Crippen LogP contribution in [-0.4, -0.2) is 25.8 Å². The highest BCUT2D eigenvalue weighted by Gasteiger charge is 2.40. The fourth-order valence-corrected chi connectivity index (χ4v) is 5.53. The largest absolute Gasteiger partial charge is 0.338 e. The molecule has 2 atom stereocenters. The van der Waals surface area contributed by atoms with E-state index in [1.807, 2.05) is 67.6 Å². The van der Waals surface area contributed by atoms with E-state index in [1.54, 1.807) is 17.0 Å². The molecule has 34 heavy (non-hydrogen) atoms. The second-order valence-corrected chi connectivity index (χ2v) is 10.5. The molecule has 1 saturated heterocycles. The molecule has 1 aliphatic heterocycles. The molecular formula is C28H26N2O3S. The van der Waals surface area contributed by atoms with E-state index in [0.717, 1.165) is 16.7 Å². The minimum absolute atomic E-state index is 0.0222. The van der Waals surface area contributed by atoms with Crippen LogP contribution in [0.4, 0.5) is 0 Å². The van der Waals surface area contributed by atoms with E-state index in [9.17, 15) is 13.2 Å². The number of aryl methyl sites for hydroxylation is 1. The molecule has 1 heterocycles. The molecule has 0 spiro atoms. The van der Waals surface area contributed by atoms with Crippen molar-refractivity contribution < 1.29 is 13.2 Å². The number of carbonyl (C=O) groups excluding carboxylic acids is 1. The Morgan fingerprint density at radius 3 is 2.15 bits per heavy atom. The van der Waals surface area contributed by atoms with E-state index in [0.29, 0.717) is 19.5 Å². The first-order chi connectivity index (χ1) is 16.4. The summed E-state index contributed by atoms with van der Waals surface area (Å²) in [5.74, 6) is -0.845. The average molecular weight is 471 g/mol. The predicted molar refractivity (Wildman–Crippen MR) is 132 cm³/mol. The molecule has 3 aromatic rings. The van der Waals surface area contributed by atoms with Gasteiger partial charge >= 0.3 is 0 Å². The molecule has 0 saturated carbocycles. The lowest BCUT2D eigenvalue weighted by molar-refractivity contribution is -0.131. The Bertz CT molecular complexity index is 1330. The van der Waals surface area contributed by atoms with Crippen LogP contribution in [0.15, 0.2) is 101 Å². The van der Waals surface area contributed by atoms with Gasteiger partial charge in [0.1, 0.15) is 0 Å². The Labute approximate surface area is 201 Å². The van der Waals surface area contributed by atoms with E-state index in [2.05, 4.69) is 4.85 Å². The van der Waals surface area contributed by atoms with Crippen LogP contribution in [0, 0.1) is 25.3 Å². The predicted octanol–water partition coefficient (Wildman–Crippen LogP) is 5.05. The van der Waals surface area contributed by atoms with Crippen LogP contribution in [0.2, 0.25) is 0 Å². The van der Waals surface area contributed by atoms with E-state index in [4.69, 9.17) is 6.57 Å². The molecule has 5 nitrogen and oxygen atoms in total. The highest BCUT2D eigenvalue weighted by Crippen LogP contribution is 2.33. The van der Waals surface area contributed by atoms with E-state index < -0.39 is 15.8 Å². The Morgan fingerprint density at radius 2 is 1.56 bits per heavy atom. The summed E-state index contributed by atoms with van der Waals surface area (Å²) in [6.07, 6.45) is 1.99. The quantitative estimate of drug-likeness (QED) is 0.454. The van der Waals surface area contributed by atoms with Crippen LogP contribution in [-0.2, 0) is 27.6 Å². The molecule has 0 aromatic heterocycles. The number of amides is 1. The summed E-state index contributed by atoms with van der Waals surface area (Å²) in [5.41, 5.74) is 2.95. The summed E-state index contributed by atoms with van der Waals surface area (Å²) < 4.78 is 26.4. The van der Waals surface area contributed by atoms with Gasteiger partial charge in [0.2, 0.25) is 15.7 Å². The summed E-state index contributed by atoms with van der Waals surface area (Å²) in [5, 5.41) is -0.325. The first-order valence-electron chi connectivity index (χ1n) is 11.2. The number of sulfone groups is 1. The van der Waals surface area contributed by atoms with Crippen molar-refractivity contribution in [3.8, 4) is 0 Å². The zero-order chi connectivity index (χ0) is 24.1. The Morgan fingerprint density at radius 1 is 0.971 bits per heavy atom. The Hall–Kier alpha value is -3.69. The standard InChI is InChI=1S/C28H26N2O3S/c1-21-13-15-25(16-14-21)34(32,33)27(29-2)18-24-20-30(19-23-11-7-4-8-12-23)28(31)26(24)17-22-9-5-3-6-10-22/h3-16,18,24,26H,17,19-20H2,1H3/b27-18+/t24-,26+/m1/s1.